The fraction of sp³-hybridized carbons (Fsp3) is 0.618. The van der Waals surface area contributed by atoms with Gasteiger partial charge in [0.25, 0.3) is 0 Å². The van der Waals surface area contributed by atoms with Crippen LogP contribution in [0.3, 0.4) is 0 Å². The molecule has 228 valence electrons. The molecule has 1 spiro atoms. The van der Waals surface area contributed by atoms with E-state index in [2.05, 4.69) is 34.6 Å². The second kappa shape index (κ2) is 11.6. The van der Waals surface area contributed by atoms with E-state index in [-0.39, 0.29) is 29.7 Å². The van der Waals surface area contributed by atoms with Crippen molar-refractivity contribution in [1.82, 2.24) is 14.7 Å². The maximum atomic E-state index is 14.7. The van der Waals surface area contributed by atoms with E-state index in [0.29, 0.717) is 39.0 Å². The van der Waals surface area contributed by atoms with E-state index in [1.54, 1.807) is 9.80 Å². The lowest BCUT2D eigenvalue weighted by Gasteiger charge is -2.44. The van der Waals surface area contributed by atoms with Crippen molar-refractivity contribution in [1.29, 1.82) is 0 Å². The van der Waals surface area contributed by atoms with Crippen LogP contribution in [0, 0.1) is 17.3 Å². The number of unbranched alkanes of at least 4 members (excludes halogenated alkanes) is 2. The highest BCUT2D eigenvalue weighted by Gasteiger charge is 2.72. The van der Waals surface area contributed by atoms with Crippen LogP contribution in [-0.2, 0) is 25.7 Å². The number of likely N-dealkylation sites (tertiary alicyclic amines) is 1. The Morgan fingerprint density at radius 1 is 0.929 bits per heavy atom. The molecule has 2 saturated heterocycles. The lowest BCUT2D eigenvalue weighted by molar-refractivity contribution is -0.152. The molecule has 1 unspecified atom stereocenters. The van der Waals surface area contributed by atoms with Gasteiger partial charge in [-0.1, -0.05) is 75.4 Å². The molecule has 3 amide bonds. The largest absolute Gasteiger partial charge is 0.396 e. The molecule has 8 heteroatoms. The Hall–Kier alpha value is -2.97. The molecule has 0 aliphatic carbocycles. The highest BCUT2D eigenvalue weighted by Crippen LogP contribution is 2.54. The lowest BCUT2D eigenvalue weighted by atomic mass is 9.77. The number of carbonyl (C=O) groups is 3. The summed E-state index contributed by atoms with van der Waals surface area (Å²) in [4.78, 5) is 48.7. The molecule has 1 N–H and O–H groups in total. The van der Waals surface area contributed by atoms with Crippen LogP contribution in [0.2, 0.25) is 0 Å². The summed E-state index contributed by atoms with van der Waals surface area (Å²) in [5.41, 5.74) is -0.664. The van der Waals surface area contributed by atoms with Gasteiger partial charge in [-0.25, -0.2) is 0 Å². The molecule has 4 heterocycles. The molecule has 5 rings (SSSR count). The number of fused-ring (bicyclic) bond motifs is 2. The molecule has 4 aliphatic rings. The van der Waals surface area contributed by atoms with Crippen LogP contribution in [0.5, 0.6) is 0 Å². The highest BCUT2D eigenvalue weighted by molar-refractivity contribution is 6.00. The minimum atomic E-state index is -1.22. The number of hydrogen-bond acceptors (Lipinski definition) is 5. The summed E-state index contributed by atoms with van der Waals surface area (Å²) >= 11 is 0. The number of amides is 3. The van der Waals surface area contributed by atoms with Crippen molar-refractivity contribution in [3.05, 3.63) is 60.2 Å². The van der Waals surface area contributed by atoms with Gasteiger partial charge in [0.1, 0.15) is 11.6 Å². The van der Waals surface area contributed by atoms with Gasteiger partial charge in [0, 0.05) is 38.3 Å². The molecule has 42 heavy (non-hydrogen) atoms. The zero-order valence-electron chi connectivity index (χ0n) is 25.8. The van der Waals surface area contributed by atoms with Crippen LogP contribution < -0.4 is 0 Å². The number of aliphatic hydroxyl groups is 1. The Kier molecular flexibility index (Phi) is 8.42. The van der Waals surface area contributed by atoms with E-state index in [9.17, 15) is 19.5 Å². The van der Waals surface area contributed by atoms with Gasteiger partial charge in [-0.3, -0.25) is 14.4 Å². The summed E-state index contributed by atoms with van der Waals surface area (Å²) in [5.74, 6) is -1.92. The van der Waals surface area contributed by atoms with Crippen molar-refractivity contribution in [2.24, 2.45) is 17.3 Å². The van der Waals surface area contributed by atoms with E-state index < -0.39 is 35.1 Å². The fourth-order valence-electron chi connectivity index (χ4n) is 7.88. The summed E-state index contributed by atoms with van der Waals surface area (Å²) in [6.07, 6.45) is 10.0. The summed E-state index contributed by atoms with van der Waals surface area (Å²) in [6.45, 7) is 12.5. The minimum Gasteiger partial charge on any atom is -0.396 e. The number of nitrogens with zero attached hydrogens (tertiary/aromatic N) is 3. The summed E-state index contributed by atoms with van der Waals surface area (Å²) in [7, 11) is 0. The second-order valence-electron chi connectivity index (χ2n) is 14.2. The first-order chi connectivity index (χ1) is 19.9. The highest BCUT2D eigenvalue weighted by atomic mass is 16.5. The molecular weight excluding hydrogens is 530 g/mol. The molecule has 0 aromatic heterocycles. The van der Waals surface area contributed by atoms with E-state index in [1.165, 1.54) is 0 Å². The number of benzene rings is 1. The van der Waals surface area contributed by atoms with Crippen molar-refractivity contribution < 1.29 is 24.2 Å². The van der Waals surface area contributed by atoms with E-state index in [0.717, 1.165) is 18.4 Å². The summed E-state index contributed by atoms with van der Waals surface area (Å²) in [5, 5.41) is 9.32. The number of carbonyl (C=O) groups excluding carboxylic acids is 3. The Labute approximate surface area is 250 Å². The predicted octanol–water partition coefficient (Wildman–Crippen LogP) is 3.94. The molecule has 0 saturated carbocycles. The maximum absolute atomic E-state index is 14.7. The van der Waals surface area contributed by atoms with Crippen LogP contribution in [0.4, 0.5) is 0 Å². The van der Waals surface area contributed by atoms with Gasteiger partial charge in [-0.05, 0) is 50.5 Å². The van der Waals surface area contributed by atoms with Crippen molar-refractivity contribution in [3.8, 4) is 0 Å². The fourth-order valence-corrected chi connectivity index (χ4v) is 7.88. The van der Waals surface area contributed by atoms with E-state index in [4.69, 9.17) is 4.74 Å². The third kappa shape index (κ3) is 5.55. The topological polar surface area (TPSA) is 90.4 Å². The van der Waals surface area contributed by atoms with Crippen molar-refractivity contribution in [2.45, 2.75) is 90.1 Å². The number of aliphatic hydroxyl groups excluding tert-OH is 1. The number of ether oxygens (including phenoxy) is 1. The van der Waals surface area contributed by atoms with Gasteiger partial charge >= 0.3 is 0 Å². The zero-order chi connectivity index (χ0) is 30.3. The molecule has 5 atom stereocenters. The van der Waals surface area contributed by atoms with Gasteiger partial charge in [-0.2, -0.15) is 0 Å². The second-order valence-corrected chi connectivity index (χ2v) is 14.2. The molecule has 4 aliphatic heterocycles. The Morgan fingerprint density at radius 2 is 1.67 bits per heavy atom. The van der Waals surface area contributed by atoms with Crippen LogP contribution >= 0.6 is 0 Å². The average Bonchev–Trinajstić information content (AvgIpc) is 3.22. The van der Waals surface area contributed by atoms with E-state index >= 15 is 0 Å². The first-order valence-electron chi connectivity index (χ1n) is 15.5. The molecule has 0 bridgehead atoms. The van der Waals surface area contributed by atoms with Crippen LogP contribution in [0.15, 0.2) is 54.6 Å². The zero-order valence-corrected chi connectivity index (χ0v) is 25.8. The number of hydrogen-bond donors (Lipinski definition) is 1. The van der Waals surface area contributed by atoms with Crippen molar-refractivity contribution in [2.75, 3.05) is 26.2 Å². The molecule has 1 aromatic carbocycles. The Balaban J connectivity index is 1.52. The minimum absolute atomic E-state index is 0.00796. The monoisotopic (exact) mass is 577 g/mol. The van der Waals surface area contributed by atoms with Crippen molar-refractivity contribution >= 4 is 17.7 Å². The first kappa shape index (κ1) is 30.5. The predicted molar refractivity (Wildman–Crippen MR) is 161 cm³/mol. The lowest BCUT2D eigenvalue weighted by Crippen LogP contribution is -2.59. The number of rotatable bonds is 9. The quantitative estimate of drug-likeness (QED) is 0.355. The third-order valence-electron chi connectivity index (χ3n) is 9.21. The molecule has 8 nitrogen and oxygen atoms in total. The normalized spacial score (nSPS) is 29.5. The van der Waals surface area contributed by atoms with E-state index in [1.807, 2.05) is 59.5 Å². The van der Waals surface area contributed by atoms with Crippen molar-refractivity contribution in [3.63, 3.8) is 0 Å². The molecule has 1 aromatic rings. The molecule has 0 radical (unpaired) electrons. The smallest absolute Gasteiger partial charge is 0.249 e. The van der Waals surface area contributed by atoms with Gasteiger partial charge in [-0.15, -0.1) is 0 Å². The SMILES string of the molecule is CC(C)(C)CC(C)(C)N1CC=C[C@]23O[C@H]4C=CCN(Cc5ccccc5)C(=O)[C@H]4[C@H]2C(=O)N(CCCCCO)C3C1=O. The van der Waals surface area contributed by atoms with Crippen LogP contribution in [0.25, 0.3) is 0 Å². The summed E-state index contributed by atoms with van der Waals surface area (Å²) < 4.78 is 6.80. The van der Waals surface area contributed by atoms with Gasteiger partial charge in [0.05, 0.1) is 17.9 Å². The Morgan fingerprint density at radius 3 is 2.36 bits per heavy atom. The standard InChI is InChI=1S/C34H47N3O5/c1-32(2,3)23-33(4,5)37-20-13-17-34-27(30(40)36(28(34)31(37)41)19-10-7-11-21-38)26-25(42-34)16-12-18-35(29(26)39)22-24-14-8-6-9-15-24/h6,8-9,12-17,25-28,38H,7,10-11,18-23H2,1-5H3/t25-,26+,27-,28?,34-/m0/s1. The molecule has 2 fully saturated rings. The third-order valence-corrected chi connectivity index (χ3v) is 9.21. The van der Waals surface area contributed by atoms with Crippen LogP contribution in [0.1, 0.15) is 65.9 Å². The molecular formula is C34H47N3O5. The van der Waals surface area contributed by atoms with Gasteiger partial charge in [0.2, 0.25) is 17.7 Å². The van der Waals surface area contributed by atoms with Crippen LogP contribution in [-0.4, -0.2) is 87.1 Å². The Bertz CT molecular complexity index is 1240. The van der Waals surface area contributed by atoms with Gasteiger partial charge in [0.15, 0.2) is 0 Å². The first-order valence-corrected chi connectivity index (χ1v) is 15.5. The maximum Gasteiger partial charge on any atom is 0.249 e. The van der Waals surface area contributed by atoms with Gasteiger partial charge < -0.3 is 24.5 Å². The average molecular weight is 578 g/mol. The summed E-state index contributed by atoms with van der Waals surface area (Å²) in [6, 6.07) is 9.01.